The third-order valence-electron chi connectivity index (χ3n) is 3.18. The van der Waals surface area contributed by atoms with E-state index in [4.69, 9.17) is 6.42 Å². The van der Waals surface area contributed by atoms with Crippen LogP contribution in [0.2, 0.25) is 0 Å². The van der Waals surface area contributed by atoms with Gasteiger partial charge in [0, 0.05) is 25.1 Å². The molecule has 1 N–H and O–H groups in total. The first-order chi connectivity index (χ1) is 10.9. The van der Waals surface area contributed by atoms with Gasteiger partial charge in [-0.05, 0) is 12.1 Å². The molecule has 1 aromatic heterocycles. The summed E-state index contributed by atoms with van der Waals surface area (Å²) in [5.74, 6) is -3.29. The van der Waals surface area contributed by atoms with Gasteiger partial charge in [-0.15, -0.1) is 0 Å². The fourth-order valence-electron chi connectivity index (χ4n) is 2.01. The van der Waals surface area contributed by atoms with Crippen LogP contribution < -0.4 is 4.90 Å². The number of aliphatic carboxylic acids is 1. The fourth-order valence-corrected chi connectivity index (χ4v) is 2.01. The van der Waals surface area contributed by atoms with E-state index < -0.39 is 29.9 Å². The molecule has 1 unspecified atom stereocenters. The molecule has 1 atom stereocenters. The largest absolute Gasteiger partial charge is 0.479 e. The number of pyridine rings is 1. The van der Waals surface area contributed by atoms with Crippen molar-refractivity contribution in [2.75, 3.05) is 19.1 Å². The smallest absolute Gasteiger partial charge is 0.344 e. The molecule has 8 nitrogen and oxygen atoms in total. The van der Waals surface area contributed by atoms with E-state index in [1.807, 2.05) is 0 Å². The number of carboxylic acid groups (broad SMARTS) is 1. The summed E-state index contributed by atoms with van der Waals surface area (Å²) in [6.45, 7) is 0. The number of esters is 2. The zero-order valence-corrected chi connectivity index (χ0v) is 12.7. The second kappa shape index (κ2) is 7.79. The molecule has 0 radical (unpaired) electrons. The molecular weight excluding hydrogens is 304 g/mol. The van der Waals surface area contributed by atoms with Crippen LogP contribution in [0.15, 0.2) is 24.4 Å². The number of nitrogens with zero attached hydrogens (tertiary/aromatic N) is 2. The van der Waals surface area contributed by atoms with E-state index in [0.29, 0.717) is 0 Å². The summed E-state index contributed by atoms with van der Waals surface area (Å²) in [5, 5.41) is 9.66. The van der Waals surface area contributed by atoms with Crippen LogP contribution in [0, 0.1) is 12.5 Å². The number of carboxylic acids is 1. The van der Waals surface area contributed by atoms with Crippen LogP contribution in [-0.4, -0.2) is 47.8 Å². The molecule has 1 heterocycles. The van der Waals surface area contributed by atoms with Crippen molar-refractivity contribution in [3.8, 4) is 12.5 Å². The quantitative estimate of drug-likeness (QED) is 0.334. The molecule has 1 rings (SSSR count). The van der Waals surface area contributed by atoms with Crippen molar-refractivity contribution >= 4 is 23.7 Å². The predicted octanol–water partition coefficient (Wildman–Crippen LogP) is 0.428. The zero-order chi connectivity index (χ0) is 17.5. The minimum absolute atomic E-state index is 0.0627. The molecule has 1 aromatic rings. The fraction of sp³-hybridized carbons (Fsp3) is 0.333. The first-order valence-electron chi connectivity index (χ1n) is 6.50. The lowest BCUT2D eigenvalue weighted by atomic mass is 9.91. The number of hydrogen-bond donors (Lipinski definition) is 1. The van der Waals surface area contributed by atoms with Crippen LogP contribution in [0.1, 0.15) is 12.8 Å². The Morgan fingerprint density at radius 3 is 2.48 bits per heavy atom. The standard InChI is InChI=1S/C15H16N2O6/c1-4-17(11-7-5-6-10-16-11)15(13(19)20,14(21)23-3)9-8-12(18)22-2/h1,5-7,10H,8-9H2,2-3H3,(H,19,20). The number of carbonyl (C=O) groups excluding carboxylic acids is 2. The maximum absolute atomic E-state index is 12.2. The van der Waals surface area contributed by atoms with Crippen molar-refractivity contribution in [1.29, 1.82) is 0 Å². The summed E-state index contributed by atoms with van der Waals surface area (Å²) in [6.07, 6.45) is 6.02. The summed E-state index contributed by atoms with van der Waals surface area (Å²) in [4.78, 5) is 40.3. The van der Waals surface area contributed by atoms with Crippen LogP contribution in [0.5, 0.6) is 0 Å². The molecule has 0 aromatic carbocycles. The second-order valence-corrected chi connectivity index (χ2v) is 4.39. The van der Waals surface area contributed by atoms with Crippen molar-refractivity contribution in [1.82, 2.24) is 4.98 Å². The average Bonchev–Trinajstić information content (AvgIpc) is 2.57. The average molecular weight is 320 g/mol. The van der Waals surface area contributed by atoms with Gasteiger partial charge in [-0.1, -0.05) is 12.5 Å². The van der Waals surface area contributed by atoms with E-state index in [0.717, 1.165) is 19.1 Å². The van der Waals surface area contributed by atoms with E-state index in [-0.39, 0.29) is 12.2 Å². The summed E-state index contributed by atoms with van der Waals surface area (Å²) in [5.41, 5.74) is -2.30. The van der Waals surface area contributed by atoms with Gasteiger partial charge in [0.25, 0.3) is 0 Å². The van der Waals surface area contributed by atoms with E-state index in [9.17, 15) is 19.5 Å². The van der Waals surface area contributed by atoms with Gasteiger partial charge in [0.1, 0.15) is 5.82 Å². The molecule has 0 saturated carbocycles. The number of methoxy groups -OCH3 is 2. The van der Waals surface area contributed by atoms with E-state index in [1.165, 1.54) is 12.3 Å². The molecule has 0 aliphatic carbocycles. The Labute approximate surface area is 133 Å². The predicted molar refractivity (Wildman–Crippen MR) is 79.2 cm³/mol. The van der Waals surface area contributed by atoms with Gasteiger partial charge in [-0.3, -0.25) is 9.69 Å². The van der Waals surface area contributed by atoms with Gasteiger partial charge in [-0.2, -0.15) is 0 Å². The van der Waals surface area contributed by atoms with Crippen molar-refractivity contribution in [2.24, 2.45) is 0 Å². The van der Waals surface area contributed by atoms with Crippen LogP contribution in [0.3, 0.4) is 0 Å². The number of terminal acetylenes is 1. The van der Waals surface area contributed by atoms with E-state index >= 15 is 0 Å². The van der Waals surface area contributed by atoms with Crippen molar-refractivity contribution in [3.05, 3.63) is 24.4 Å². The molecule has 0 bridgehead atoms. The topological polar surface area (TPSA) is 106 Å². The molecule has 0 aliphatic heterocycles. The first kappa shape index (κ1) is 18.0. The number of anilines is 1. The van der Waals surface area contributed by atoms with Crippen LogP contribution in [0.4, 0.5) is 5.82 Å². The highest BCUT2D eigenvalue weighted by molar-refractivity contribution is 6.08. The molecule has 8 heteroatoms. The minimum Gasteiger partial charge on any atom is -0.479 e. The van der Waals surface area contributed by atoms with Gasteiger partial charge < -0.3 is 14.6 Å². The van der Waals surface area contributed by atoms with Crippen molar-refractivity contribution in [3.63, 3.8) is 0 Å². The van der Waals surface area contributed by atoms with Crippen LogP contribution in [-0.2, 0) is 23.9 Å². The lowest BCUT2D eigenvalue weighted by molar-refractivity contribution is -0.159. The number of hydrogen-bond acceptors (Lipinski definition) is 7. The Bertz CT molecular complexity index is 625. The maximum atomic E-state index is 12.2. The highest BCUT2D eigenvalue weighted by Crippen LogP contribution is 2.28. The highest BCUT2D eigenvalue weighted by Gasteiger charge is 2.53. The van der Waals surface area contributed by atoms with Crippen LogP contribution in [0.25, 0.3) is 0 Å². The molecular formula is C15H16N2O6. The summed E-state index contributed by atoms with van der Waals surface area (Å²) in [6, 6.07) is 6.76. The molecule has 0 fully saturated rings. The SMILES string of the molecule is C#CN(c1ccccn1)C(CCC(=O)OC)(C(=O)O)C(=O)OC. The Kier molecular flexibility index (Phi) is 6.09. The molecule has 0 saturated heterocycles. The number of carbonyl (C=O) groups is 3. The van der Waals surface area contributed by atoms with Crippen LogP contribution >= 0.6 is 0 Å². The normalized spacial score (nSPS) is 12.4. The Hall–Kier alpha value is -3.08. The summed E-state index contributed by atoms with van der Waals surface area (Å²) < 4.78 is 9.10. The Morgan fingerprint density at radius 1 is 1.35 bits per heavy atom. The molecule has 0 aliphatic rings. The van der Waals surface area contributed by atoms with Gasteiger partial charge in [-0.25, -0.2) is 14.6 Å². The zero-order valence-electron chi connectivity index (χ0n) is 12.7. The van der Waals surface area contributed by atoms with Gasteiger partial charge in [0.2, 0.25) is 5.54 Å². The highest BCUT2D eigenvalue weighted by atomic mass is 16.5. The second-order valence-electron chi connectivity index (χ2n) is 4.39. The van der Waals surface area contributed by atoms with Gasteiger partial charge >= 0.3 is 17.9 Å². The lowest BCUT2D eigenvalue weighted by Gasteiger charge is -2.34. The third-order valence-corrected chi connectivity index (χ3v) is 3.18. The minimum atomic E-state index is -2.30. The monoisotopic (exact) mass is 320 g/mol. The summed E-state index contributed by atoms with van der Waals surface area (Å²) in [7, 11) is 2.19. The molecule has 122 valence electrons. The third kappa shape index (κ3) is 3.58. The van der Waals surface area contributed by atoms with Crippen molar-refractivity contribution in [2.45, 2.75) is 18.4 Å². The lowest BCUT2D eigenvalue weighted by Crippen LogP contribution is -2.60. The van der Waals surface area contributed by atoms with Gasteiger partial charge in [0.05, 0.1) is 14.2 Å². The molecule has 23 heavy (non-hydrogen) atoms. The first-order valence-corrected chi connectivity index (χ1v) is 6.50. The van der Waals surface area contributed by atoms with Crippen molar-refractivity contribution < 1.29 is 29.0 Å². The molecule has 0 spiro atoms. The Morgan fingerprint density at radius 2 is 2.04 bits per heavy atom. The summed E-state index contributed by atoms with van der Waals surface area (Å²) >= 11 is 0. The number of ether oxygens (including phenoxy) is 2. The van der Waals surface area contributed by atoms with E-state index in [2.05, 4.69) is 20.5 Å². The number of rotatable bonds is 7. The molecule has 0 amide bonds. The maximum Gasteiger partial charge on any atom is 0.344 e. The number of aromatic nitrogens is 1. The van der Waals surface area contributed by atoms with Gasteiger partial charge in [0.15, 0.2) is 0 Å². The Balaban J connectivity index is 3.41. The van der Waals surface area contributed by atoms with E-state index in [1.54, 1.807) is 12.1 Å².